The summed E-state index contributed by atoms with van der Waals surface area (Å²) >= 11 is 1.12. The normalized spacial score (nSPS) is 11.8. The van der Waals surface area contributed by atoms with Crippen LogP contribution < -0.4 is 9.46 Å². The van der Waals surface area contributed by atoms with Crippen molar-refractivity contribution in [1.82, 2.24) is 4.72 Å². The largest absolute Gasteiger partial charge is 0.435 e. The summed E-state index contributed by atoms with van der Waals surface area (Å²) in [5.41, 5.74) is 0.645. The maximum Gasteiger partial charge on any atom is 0.387 e. The standard InChI is InChI=1S/C12H11F2NO3S2/c13-12(14)18-10-5-3-9(4-6-10)8-15-20(16,17)11-2-1-7-19-11/h1-7,12,15H,8H2. The van der Waals surface area contributed by atoms with Gasteiger partial charge in [-0.2, -0.15) is 8.78 Å². The van der Waals surface area contributed by atoms with E-state index in [1.165, 1.54) is 30.3 Å². The Morgan fingerprint density at radius 3 is 2.45 bits per heavy atom. The van der Waals surface area contributed by atoms with E-state index in [4.69, 9.17) is 0 Å². The number of ether oxygens (including phenoxy) is 1. The molecule has 2 aromatic rings. The molecule has 0 bridgehead atoms. The molecule has 1 N–H and O–H groups in total. The molecule has 0 aliphatic carbocycles. The third-order valence-electron chi connectivity index (χ3n) is 2.37. The van der Waals surface area contributed by atoms with E-state index >= 15 is 0 Å². The molecule has 0 spiro atoms. The highest BCUT2D eigenvalue weighted by Crippen LogP contribution is 2.17. The molecule has 1 aromatic carbocycles. The molecule has 0 aliphatic heterocycles. The minimum atomic E-state index is -3.53. The summed E-state index contributed by atoms with van der Waals surface area (Å²) in [6.45, 7) is -2.80. The smallest absolute Gasteiger partial charge is 0.387 e. The Balaban J connectivity index is 1.98. The third kappa shape index (κ3) is 3.99. The average molecular weight is 319 g/mol. The van der Waals surface area contributed by atoms with Crippen molar-refractivity contribution in [2.45, 2.75) is 17.4 Å². The van der Waals surface area contributed by atoms with Crippen LogP contribution in [0.1, 0.15) is 5.56 Å². The van der Waals surface area contributed by atoms with E-state index in [1.807, 2.05) is 0 Å². The fourth-order valence-electron chi connectivity index (χ4n) is 1.45. The van der Waals surface area contributed by atoms with Gasteiger partial charge in [-0.15, -0.1) is 11.3 Å². The average Bonchev–Trinajstić information content (AvgIpc) is 2.92. The van der Waals surface area contributed by atoms with Gasteiger partial charge in [0.25, 0.3) is 0 Å². The van der Waals surface area contributed by atoms with Crippen molar-refractivity contribution in [3.05, 3.63) is 47.3 Å². The molecule has 0 saturated carbocycles. The van der Waals surface area contributed by atoms with Crippen LogP contribution in [0.15, 0.2) is 46.0 Å². The number of rotatable bonds is 6. The predicted octanol–water partition coefficient (Wildman–Crippen LogP) is 2.83. The Morgan fingerprint density at radius 1 is 1.20 bits per heavy atom. The van der Waals surface area contributed by atoms with Gasteiger partial charge in [0, 0.05) is 6.54 Å². The molecule has 2 rings (SSSR count). The number of hydrogen-bond donors (Lipinski definition) is 1. The van der Waals surface area contributed by atoms with Crippen molar-refractivity contribution in [3.63, 3.8) is 0 Å². The second-order valence-corrected chi connectivity index (χ2v) is 6.72. The van der Waals surface area contributed by atoms with Crippen molar-refractivity contribution in [2.75, 3.05) is 0 Å². The Bertz CT molecular complexity index is 640. The van der Waals surface area contributed by atoms with Gasteiger partial charge in [-0.05, 0) is 29.1 Å². The van der Waals surface area contributed by atoms with E-state index in [0.29, 0.717) is 5.56 Å². The zero-order valence-corrected chi connectivity index (χ0v) is 11.8. The molecule has 20 heavy (non-hydrogen) atoms. The minimum absolute atomic E-state index is 0.0323. The van der Waals surface area contributed by atoms with E-state index in [-0.39, 0.29) is 16.5 Å². The van der Waals surface area contributed by atoms with Gasteiger partial charge in [0.1, 0.15) is 9.96 Å². The monoisotopic (exact) mass is 319 g/mol. The van der Waals surface area contributed by atoms with Crippen molar-refractivity contribution in [1.29, 1.82) is 0 Å². The van der Waals surface area contributed by atoms with Crippen molar-refractivity contribution in [2.24, 2.45) is 0 Å². The molecule has 0 amide bonds. The molecule has 1 heterocycles. The van der Waals surface area contributed by atoms with Crippen LogP contribution >= 0.6 is 11.3 Å². The topological polar surface area (TPSA) is 55.4 Å². The highest BCUT2D eigenvalue weighted by Gasteiger charge is 2.14. The highest BCUT2D eigenvalue weighted by atomic mass is 32.2. The van der Waals surface area contributed by atoms with E-state index in [1.54, 1.807) is 11.4 Å². The zero-order valence-electron chi connectivity index (χ0n) is 10.1. The van der Waals surface area contributed by atoms with Gasteiger partial charge in [0.2, 0.25) is 10.0 Å². The first kappa shape index (κ1) is 14.9. The highest BCUT2D eigenvalue weighted by molar-refractivity contribution is 7.91. The Morgan fingerprint density at radius 2 is 1.90 bits per heavy atom. The molecule has 8 heteroatoms. The van der Waals surface area contributed by atoms with Gasteiger partial charge in [-0.25, -0.2) is 13.1 Å². The number of sulfonamides is 1. The molecular weight excluding hydrogens is 308 g/mol. The summed E-state index contributed by atoms with van der Waals surface area (Å²) in [5, 5.41) is 1.67. The second-order valence-electron chi connectivity index (χ2n) is 3.78. The van der Waals surface area contributed by atoms with Gasteiger partial charge in [-0.1, -0.05) is 18.2 Å². The van der Waals surface area contributed by atoms with Crippen LogP contribution in [0.2, 0.25) is 0 Å². The van der Waals surface area contributed by atoms with Crippen LogP contribution in [-0.4, -0.2) is 15.0 Å². The maximum absolute atomic E-state index is 12.0. The summed E-state index contributed by atoms with van der Waals surface area (Å²) < 4.78 is 54.5. The molecule has 4 nitrogen and oxygen atoms in total. The van der Waals surface area contributed by atoms with Gasteiger partial charge < -0.3 is 4.74 Å². The first-order valence-corrected chi connectivity index (χ1v) is 7.90. The van der Waals surface area contributed by atoms with Crippen LogP contribution in [0, 0.1) is 0 Å². The SMILES string of the molecule is O=S(=O)(NCc1ccc(OC(F)F)cc1)c1cccs1. The molecular formula is C12H11F2NO3S2. The van der Waals surface area contributed by atoms with Crippen molar-refractivity contribution < 1.29 is 21.9 Å². The Hall–Kier alpha value is -1.51. The summed E-state index contributed by atoms with van der Waals surface area (Å²) in [6, 6.07) is 8.92. The molecule has 108 valence electrons. The van der Waals surface area contributed by atoms with Gasteiger partial charge in [0.05, 0.1) is 0 Å². The van der Waals surface area contributed by atoms with E-state index in [0.717, 1.165) is 11.3 Å². The van der Waals surface area contributed by atoms with Crippen LogP contribution in [0.5, 0.6) is 5.75 Å². The molecule has 0 fully saturated rings. The summed E-state index contributed by atoms with van der Waals surface area (Å²) in [4.78, 5) is 0. The number of thiophene rings is 1. The molecule has 0 atom stereocenters. The van der Waals surface area contributed by atoms with Gasteiger partial charge >= 0.3 is 6.61 Å². The number of alkyl halides is 2. The molecule has 0 unspecified atom stereocenters. The lowest BCUT2D eigenvalue weighted by Crippen LogP contribution is -2.22. The molecule has 0 saturated heterocycles. The minimum Gasteiger partial charge on any atom is -0.435 e. The Kier molecular flexibility index (Phi) is 4.69. The number of hydrogen-bond acceptors (Lipinski definition) is 4. The summed E-state index contributed by atoms with van der Waals surface area (Å²) in [5.74, 6) is 0.0323. The first-order valence-electron chi connectivity index (χ1n) is 5.54. The lowest BCUT2D eigenvalue weighted by atomic mass is 10.2. The fourth-order valence-corrected chi connectivity index (χ4v) is 3.51. The van der Waals surface area contributed by atoms with E-state index < -0.39 is 16.6 Å². The second kappa shape index (κ2) is 6.29. The number of benzene rings is 1. The van der Waals surface area contributed by atoms with Crippen LogP contribution in [0.3, 0.4) is 0 Å². The van der Waals surface area contributed by atoms with Gasteiger partial charge in [-0.3, -0.25) is 0 Å². The van der Waals surface area contributed by atoms with Crippen LogP contribution in [0.25, 0.3) is 0 Å². The fraction of sp³-hybridized carbons (Fsp3) is 0.167. The summed E-state index contributed by atoms with van der Waals surface area (Å²) in [7, 11) is -3.53. The van der Waals surface area contributed by atoms with E-state index in [2.05, 4.69) is 9.46 Å². The molecule has 1 aromatic heterocycles. The first-order chi connectivity index (χ1) is 9.47. The maximum atomic E-state index is 12.0. The predicted molar refractivity (Wildman–Crippen MR) is 71.4 cm³/mol. The lowest BCUT2D eigenvalue weighted by molar-refractivity contribution is -0.0498. The third-order valence-corrected chi connectivity index (χ3v) is 5.17. The summed E-state index contributed by atoms with van der Waals surface area (Å²) in [6.07, 6.45) is 0. The van der Waals surface area contributed by atoms with Gasteiger partial charge in [0.15, 0.2) is 0 Å². The van der Waals surface area contributed by atoms with Crippen molar-refractivity contribution >= 4 is 21.4 Å². The van der Waals surface area contributed by atoms with Crippen molar-refractivity contribution in [3.8, 4) is 5.75 Å². The quantitative estimate of drug-likeness (QED) is 0.891. The number of nitrogens with one attached hydrogen (secondary N) is 1. The molecule has 0 radical (unpaired) electrons. The zero-order chi connectivity index (χ0) is 14.6. The Labute approximate surface area is 119 Å². The number of halogens is 2. The molecule has 0 aliphatic rings. The van der Waals surface area contributed by atoms with Crippen LogP contribution in [0.4, 0.5) is 8.78 Å². The van der Waals surface area contributed by atoms with E-state index in [9.17, 15) is 17.2 Å². The lowest BCUT2D eigenvalue weighted by Gasteiger charge is -2.07. The van der Waals surface area contributed by atoms with Crippen LogP contribution in [-0.2, 0) is 16.6 Å².